The molecule has 0 aromatic rings. The predicted molar refractivity (Wildman–Crippen MR) is 85.6 cm³/mol. The second kappa shape index (κ2) is 14.7. The van der Waals surface area contributed by atoms with Gasteiger partial charge in [-0.2, -0.15) is 0 Å². The van der Waals surface area contributed by atoms with E-state index in [4.69, 9.17) is 15.3 Å². The zero-order valence-corrected chi connectivity index (χ0v) is 14.0. The molecule has 0 rings (SSSR count). The molecule has 7 nitrogen and oxygen atoms in total. The molecule has 0 saturated heterocycles. The molecule has 0 fully saturated rings. The Balaban J connectivity index is 0. The van der Waals surface area contributed by atoms with Gasteiger partial charge in [-0.05, 0) is 19.8 Å². The lowest BCUT2D eigenvalue weighted by Crippen LogP contribution is -2.48. The Morgan fingerprint density at radius 1 is 0.909 bits per heavy atom. The van der Waals surface area contributed by atoms with Crippen molar-refractivity contribution in [3.8, 4) is 0 Å². The first-order valence-corrected chi connectivity index (χ1v) is 7.83. The molecule has 2 amide bonds. The van der Waals surface area contributed by atoms with E-state index >= 15 is 0 Å². The molecule has 0 aliphatic carbocycles. The maximum Gasteiger partial charge on any atom is 0.314 e. The Labute approximate surface area is 133 Å². The maximum atomic E-state index is 11.5. The van der Waals surface area contributed by atoms with Crippen molar-refractivity contribution in [3.05, 3.63) is 0 Å². The van der Waals surface area contributed by atoms with E-state index in [2.05, 4.69) is 10.6 Å². The number of aliphatic hydroxyl groups excluding tert-OH is 3. The minimum absolute atomic E-state index is 0.00727. The molecule has 7 heteroatoms. The van der Waals surface area contributed by atoms with Crippen LogP contribution in [0.3, 0.4) is 0 Å². The van der Waals surface area contributed by atoms with Gasteiger partial charge >= 0.3 is 6.03 Å². The minimum Gasteiger partial charge on any atom is -0.396 e. The van der Waals surface area contributed by atoms with E-state index in [1.807, 2.05) is 13.8 Å². The van der Waals surface area contributed by atoms with E-state index in [1.54, 1.807) is 6.92 Å². The maximum absolute atomic E-state index is 11.5. The van der Waals surface area contributed by atoms with Crippen molar-refractivity contribution >= 4 is 11.8 Å². The monoisotopic (exact) mass is 320 g/mol. The molecule has 0 unspecified atom stereocenters. The second-order valence-electron chi connectivity index (χ2n) is 5.10. The number of nitrogens with one attached hydrogen (secondary N) is 2. The number of hydrogen-bond donors (Lipinski definition) is 5. The average Bonchev–Trinajstić information content (AvgIpc) is 2.54. The van der Waals surface area contributed by atoms with Crippen molar-refractivity contribution < 1.29 is 24.9 Å². The number of Topliss-reactive ketones (excluding diaryl/α,β-unsaturated/α-hetero) is 1. The smallest absolute Gasteiger partial charge is 0.314 e. The van der Waals surface area contributed by atoms with E-state index in [1.165, 1.54) is 0 Å². The summed E-state index contributed by atoms with van der Waals surface area (Å²) in [6.07, 6.45) is 3.04. The lowest BCUT2D eigenvalue weighted by atomic mass is 9.91. The molecular weight excluding hydrogens is 288 g/mol. The summed E-state index contributed by atoms with van der Waals surface area (Å²) in [5.41, 5.74) is -1.10. The Morgan fingerprint density at radius 2 is 1.45 bits per heavy atom. The van der Waals surface area contributed by atoms with Gasteiger partial charge in [0, 0.05) is 19.5 Å². The summed E-state index contributed by atoms with van der Waals surface area (Å²) in [6, 6.07) is -0.406. The molecule has 0 atom stereocenters. The van der Waals surface area contributed by atoms with Crippen LogP contribution in [0, 0.1) is 5.41 Å². The standard InChI is InChI=1S/C13H26N2O5.C2H6/c1-11(19)5-3-2-4-6-14-12(20)15-7-13(8-16,9-17)10-18;1-2/h16-18H,2-10H2,1H3,(H2,14,15,20);1-2H3. The normalized spacial score (nSPS) is 10.5. The van der Waals surface area contributed by atoms with Gasteiger partial charge in [-0.25, -0.2) is 4.79 Å². The molecular formula is C15H32N2O5. The molecule has 0 aliphatic rings. The SMILES string of the molecule is CC.CC(=O)CCCCCNC(=O)NCC(CO)(CO)CO. The van der Waals surface area contributed by atoms with E-state index in [0.717, 1.165) is 19.3 Å². The highest BCUT2D eigenvalue weighted by Crippen LogP contribution is 2.12. The number of amides is 2. The van der Waals surface area contributed by atoms with Crippen molar-refractivity contribution in [3.63, 3.8) is 0 Å². The highest BCUT2D eigenvalue weighted by atomic mass is 16.3. The van der Waals surface area contributed by atoms with Crippen LogP contribution in [0.1, 0.15) is 46.5 Å². The largest absolute Gasteiger partial charge is 0.396 e. The molecule has 0 heterocycles. The molecule has 0 aromatic carbocycles. The number of urea groups is 1. The van der Waals surface area contributed by atoms with Crippen molar-refractivity contribution in [1.29, 1.82) is 0 Å². The molecule has 0 saturated carbocycles. The molecule has 0 aromatic heterocycles. The van der Waals surface area contributed by atoms with Gasteiger partial charge in [0.1, 0.15) is 5.78 Å². The van der Waals surface area contributed by atoms with Gasteiger partial charge < -0.3 is 30.7 Å². The topological polar surface area (TPSA) is 119 Å². The molecule has 5 N–H and O–H groups in total. The van der Waals surface area contributed by atoms with E-state index in [0.29, 0.717) is 13.0 Å². The number of rotatable bonds is 11. The summed E-state index contributed by atoms with van der Waals surface area (Å²) in [6.45, 7) is 4.81. The summed E-state index contributed by atoms with van der Waals surface area (Å²) in [7, 11) is 0. The van der Waals surface area contributed by atoms with Gasteiger partial charge in [0.05, 0.1) is 25.2 Å². The number of ketones is 1. The Kier molecular flexibility index (Phi) is 15.5. The minimum atomic E-state index is -1.10. The first kappa shape index (κ1) is 23.1. The Hall–Kier alpha value is -1.18. The summed E-state index contributed by atoms with van der Waals surface area (Å²) in [5, 5.41) is 32.4. The summed E-state index contributed by atoms with van der Waals surface area (Å²) in [4.78, 5) is 22.2. The van der Waals surface area contributed by atoms with Crippen molar-refractivity contribution in [2.24, 2.45) is 5.41 Å². The zero-order chi connectivity index (χ0) is 17.4. The third kappa shape index (κ3) is 11.5. The fraction of sp³-hybridized carbons (Fsp3) is 0.867. The second-order valence-corrected chi connectivity index (χ2v) is 5.10. The van der Waals surface area contributed by atoms with Crippen LogP contribution in [0.15, 0.2) is 0 Å². The van der Waals surface area contributed by atoms with Crippen LogP contribution in [-0.4, -0.2) is 60.0 Å². The van der Waals surface area contributed by atoms with Crippen LogP contribution in [0.25, 0.3) is 0 Å². The summed E-state index contributed by atoms with van der Waals surface area (Å²) >= 11 is 0. The fourth-order valence-electron chi connectivity index (χ4n) is 1.53. The zero-order valence-electron chi connectivity index (χ0n) is 14.0. The number of hydrogen-bond acceptors (Lipinski definition) is 5. The quantitative estimate of drug-likeness (QED) is 0.354. The number of aliphatic hydroxyl groups is 3. The third-order valence-corrected chi connectivity index (χ3v) is 3.12. The lowest BCUT2D eigenvalue weighted by Gasteiger charge is -2.27. The fourth-order valence-corrected chi connectivity index (χ4v) is 1.53. The van der Waals surface area contributed by atoms with Crippen molar-refractivity contribution in [1.82, 2.24) is 10.6 Å². The highest BCUT2D eigenvalue weighted by Gasteiger charge is 2.28. The van der Waals surface area contributed by atoms with Crippen LogP contribution in [0.5, 0.6) is 0 Å². The number of unbranched alkanes of at least 4 members (excludes halogenated alkanes) is 2. The van der Waals surface area contributed by atoms with Crippen molar-refractivity contribution in [2.75, 3.05) is 32.9 Å². The molecule has 132 valence electrons. The van der Waals surface area contributed by atoms with Gasteiger partial charge in [0.15, 0.2) is 0 Å². The van der Waals surface area contributed by atoms with E-state index in [-0.39, 0.29) is 12.3 Å². The number of carbonyl (C=O) groups excluding carboxylic acids is 2. The highest BCUT2D eigenvalue weighted by molar-refractivity contribution is 5.75. The van der Waals surface area contributed by atoms with Crippen LogP contribution in [-0.2, 0) is 4.79 Å². The van der Waals surface area contributed by atoms with Gasteiger partial charge in [0.2, 0.25) is 0 Å². The third-order valence-electron chi connectivity index (χ3n) is 3.12. The molecule has 0 spiro atoms. The first-order valence-electron chi connectivity index (χ1n) is 7.83. The van der Waals surface area contributed by atoms with Gasteiger partial charge in [0.25, 0.3) is 0 Å². The summed E-state index contributed by atoms with van der Waals surface area (Å²) < 4.78 is 0. The van der Waals surface area contributed by atoms with Crippen LogP contribution < -0.4 is 10.6 Å². The summed E-state index contributed by atoms with van der Waals surface area (Å²) in [5.74, 6) is 0.170. The van der Waals surface area contributed by atoms with Crippen LogP contribution in [0.2, 0.25) is 0 Å². The van der Waals surface area contributed by atoms with Gasteiger partial charge in [-0.1, -0.05) is 20.3 Å². The molecule has 0 aliphatic heterocycles. The molecule has 0 radical (unpaired) electrons. The molecule has 22 heavy (non-hydrogen) atoms. The van der Waals surface area contributed by atoms with E-state index < -0.39 is 31.3 Å². The average molecular weight is 320 g/mol. The van der Waals surface area contributed by atoms with E-state index in [9.17, 15) is 9.59 Å². The van der Waals surface area contributed by atoms with Crippen molar-refractivity contribution in [2.45, 2.75) is 46.5 Å². The van der Waals surface area contributed by atoms with Gasteiger partial charge in [-0.15, -0.1) is 0 Å². The Bertz CT molecular complexity index is 285. The first-order chi connectivity index (χ1) is 10.5. The van der Waals surface area contributed by atoms with Crippen LogP contribution in [0.4, 0.5) is 4.79 Å². The van der Waals surface area contributed by atoms with Crippen LogP contribution >= 0.6 is 0 Å². The number of carbonyl (C=O) groups is 2. The predicted octanol–water partition coefficient (Wildman–Crippen LogP) is 0.425. The van der Waals surface area contributed by atoms with Gasteiger partial charge in [-0.3, -0.25) is 0 Å². The lowest BCUT2D eigenvalue weighted by molar-refractivity contribution is -0.117. The molecule has 0 bridgehead atoms. The Morgan fingerprint density at radius 3 is 1.91 bits per heavy atom.